The summed E-state index contributed by atoms with van der Waals surface area (Å²) < 4.78 is 0. The van der Waals surface area contributed by atoms with Crippen molar-refractivity contribution in [3.05, 3.63) is 18.1 Å². The van der Waals surface area contributed by atoms with Gasteiger partial charge in [0, 0.05) is 0 Å². The molecule has 4 N–H and O–H groups in total. The predicted molar refractivity (Wildman–Crippen MR) is 58.9 cm³/mol. The molecule has 1 aromatic heterocycles. The van der Waals surface area contributed by atoms with Crippen LogP contribution in [-0.2, 0) is 9.59 Å². The molecule has 0 unspecified atom stereocenters. The van der Waals surface area contributed by atoms with Gasteiger partial charge in [0.2, 0.25) is 11.8 Å². The minimum Gasteiger partial charge on any atom is -0.319 e. The fourth-order valence-electron chi connectivity index (χ4n) is 1.46. The number of nitrogens with one attached hydrogen (secondary N) is 2. The lowest BCUT2D eigenvalue weighted by atomic mass is 10.3. The van der Waals surface area contributed by atoms with Crippen LogP contribution in [0.1, 0.15) is 10.5 Å². The third kappa shape index (κ3) is 2.40. The Balaban J connectivity index is 2.14. The highest BCUT2D eigenvalue weighted by Gasteiger charge is 2.27. The summed E-state index contributed by atoms with van der Waals surface area (Å²) in [5.41, 5.74) is 2.31. The van der Waals surface area contributed by atoms with Gasteiger partial charge in [-0.15, -0.1) is 0 Å². The van der Waals surface area contributed by atoms with Crippen LogP contribution >= 0.6 is 0 Å². The number of amides is 3. The molecular formula is C9H10N6O3. The van der Waals surface area contributed by atoms with Gasteiger partial charge in [0.15, 0.2) is 5.82 Å². The van der Waals surface area contributed by atoms with Crippen LogP contribution in [0.15, 0.2) is 12.4 Å². The molecule has 18 heavy (non-hydrogen) atoms. The van der Waals surface area contributed by atoms with Gasteiger partial charge in [0.1, 0.15) is 18.8 Å². The van der Waals surface area contributed by atoms with E-state index in [2.05, 4.69) is 20.7 Å². The largest absolute Gasteiger partial charge is 0.319 e. The van der Waals surface area contributed by atoms with Crippen molar-refractivity contribution >= 4 is 23.5 Å². The third-order valence-electron chi connectivity index (χ3n) is 2.25. The molecule has 0 radical (unpaired) electrons. The normalized spacial score (nSPS) is 15.3. The van der Waals surface area contributed by atoms with Gasteiger partial charge in [-0.1, -0.05) is 0 Å². The van der Waals surface area contributed by atoms with Gasteiger partial charge in [-0.25, -0.2) is 15.8 Å². The number of imide groups is 1. The van der Waals surface area contributed by atoms with Gasteiger partial charge in [0.05, 0.1) is 12.4 Å². The highest BCUT2D eigenvalue weighted by Crippen LogP contribution is 2.05. The zero-order chi connectivity index (χ0) is 13.1. The van der Waals surface area contributed by atoms with E-state index in [0.29, 0.717) is 5.82 Å². The molecule has 0 bridgehead atoms. The molecule has 3 amide bonds. The Hall–Kier alpha value is -2.55. The number of nitrogens with two attached hydrogens (primary N) is 1. The molecule has 9 nitrogen and oxygen atoms in total. The van der Waals surface area contributed by atoms with Crippen LogP contribution in [0.25, 0.3) is 0 Å². The zero-order valence-corrected chi connectivity index (χ0v) is 9.21. The Morgan fingerprint density at radius 1 is 1.28 bits per heavy atom. The summed E-state index contributed by atoms with van der Waals surface area (Å²) in [7, 11) is 0. The minimum absolute atomic E-state index is 0.0384. The number of piperazine rings is 1. The standard InChI is InChI=1S/C9H10N6O3/c10-14-6-2-11-5(1-12-6)9(18)15-3-7(16)13-8(17)4-15/h1-2H,3-4,10H2,(H,12,14)(H,13,16,17). The Bertz CT molecular complexity index is 484. The first-order valence-corrected chi connectivity index (χ1v) is 5.01. The summed E-state index contributed by atoms with van der Waals surface area (Å²) in [5, 5.41) is 2.10. The summed E-state index contributed by atoms with van der Waals surface area (Å²) in [5.74, 6) is 3.84. The smallest absolute Gasteiger partial charge is 0.274 e. The fourth-order valence-corrected chi connectivity index (χ4v) is 1.46. The second-order valence-electron chi connectivity index (χ2n) is 3.56. The Labute approximate surface area is 101 Å². The van der Waals surface area contributed by atoms with Crippen LogP contribution in [0, 0.1) is 0 Å². The number of hydrogen-bond acceptors (Lipinski definition) is 7. The number of rotatable bonds is 2. The van der Waals surface area contributed by atoms with E-state index in [1.54, 1.807) is 0 Å². The molecule has 2 rings (SSSR count). The van der Waals surface area contributed by atoms with E-state index < -0.39 is 17.7 Å². The Morgan fingerprint density at radius 2 is 1.94 bits per heavy atom. The first-order valence-electron chi connectivity index (χ1n) is 5.01. The number of anilines is 1. The monoisotopic (exact) mass is 250 g/mol. The van der Waals surface area contributed by atoms with Crippen molar-refractivity contribution in [3.8, 4) is 0 Å². The van der Waals surface area contributed by atoms with Crippen molar-refractivity contribution in [3.63, 3.8) is 0 Å². The third-order valence-corrected chi connectivity index (χ3v) is 2.25. The van der Waals surface area contributed by atoms with E-state index in [1.165, 1.54) is 12.4 Å². The Morgan fingerprint density at radius 3 is 2.44 bits per heavy atom. The van der Waals surface area contributed by atoms with Crippen molar-refractivity contribution in [1.82, 2.24) is 20.2 Å². The zero-order valence-electron chi connectivity index (χ0n) is 9.21. The van der Waals surface area contributed by atoms with Crippen molar-refractivity contribution in [2.24, 2.45) is 5.84 Å². The molecule has 0 aliphatic carbocycles. The number of hydrazine groups is 1. The average molecular weight is 250 g/mol. The van der Waals surface area contributed by atoms with Crippen molar-refractivity contribution in [2.45, 2.75) is 0 Å². The van der Waals surface area contributed by atoms with Gasteiger partial charge in [-0.2, -0.15) is 0 Å². The second kappa shape index (κ2) is 4.75. The summed E-state index contributed by atoms with van der Waals surface area (Å²) in [4.78, 5) is 42.9. The van der Waals surface area contributed by atoms with E-state index >= 15 is 0 Å². The lowest BCUT2D eigenvalue weighted by Crippen LogP contribution is -2.53. The van der Waals surface area contributed by atoms with Gasteiger partial charge < -0.3 is 10.3 Å². The molecular weight excluding hydrogens is 240 g/mol. The van der Waals surface area contributed by atoms with Gasteiger partial charge in [-0.3, -0.25) is 19.7 Å². The molecule has 1 saturated heterocycles. The van der Waals surface area contributed by atoms with E-state index in [9.17, 15) is 14.4 Å². The molecule has 0 spiro atoms. The van der Waals surface area contributed by atoms with Gasteiger partial charge in [0.25, 0.3) is 5.91 Å². The summed E-state index contributed by atoms with van der Waals surface area (Å²) in [6.07, 6.45) is 2.49. The number of carbonyl (C=O) groups is 3. The van der Waals surface area contributed by atoms with Crippen LogP contribution in [0.2, 0.25) is 0 Å². The number of aromatic nitrogens is 2. The number of carbonyl (C=O) groups excluding carboxylic acids is 3. The topological polar surface area (TPSA) is 130 Å². The maximum atomic E-state index is 11.9. The molecule has 2 heterocycles. The molecule has 0 atom stereocenters. The second-order valence-corrected chi connectivity index (χ2v) is 3.56. The average Bonchev–Trinajstić information content (AvgIpc) is 2.37. The Kier molecular flexibility index (Phi) is 3.15. The highest BCUT2D eigenvalue weighted by molar-refractivity contribution is 6.05. The van der Waals surface area contributed by atoms with Crippen molar-refractivity contribution in [2.75, 3.05) is 18.5 Å². The van der Waals surface area contributed by atoms with Gasteiger partial charge in [-0.05, 0) is 0 Å². The number of nitrogen functional groups attached to an aromatic ring is 1. The molecule has 1 aliphatic rings. The first kappa shape index (κ1) is 11.9. The first-order chi connectivity index (χ1) is 8.60. The molecule has 1 fully saturated rings. The fraction of sp³-hybridized carbons (Fsp3) is 0.222. The maximum absolute atomic E-state index is 11.9. The quantitative estimate of drug-likeness (QED) is 0.310. The maximum Gasteiger partial charge on any atom is 0.274 e. The van der Waals surface area contributed by atoms with E-state index in [4.69, 9.17) is 5.84 Å². The van der Waals surface area contributed by atoms with Crippen LogP contribution in [0.3, 0.4) is 0 Å². The van der Waals surface area contributed by atoms with Gasteiger partial charge >= 0.3 is 0 Å². The van der Waals surface area contributed by atoms with E-state index in [0.717, 1.165) is 4.90 Å². The van der Waals surface area contributed by atoms with Crippen LogP contribution in [-0.4, -0.2) is 45.7 Å². The number of hydrogen-bond donors (Lipinski definition) is 3. The summed E-state index contributed by atoms with van der Waals surface area (Å²) in [6.45, 7) is -0.355. The van der Waals surface area contributed by atoms with E-state index in [-0.39, 0.29) is 18.8 Å². The molecule has 94 valence electrons. The van der Waals surface area contributed by atoms with Crippen molar-refractivity contribution in [1.29, 1.82) is 0 Å². The molecule has 0 aromatic carbocycles. The molecule has 9 heteroatoms. The molecule has 1 aliphatic heterocycles. The predicted octanol–water partition coefficient (Wildman–Crippen LogP) is -2.14. The minimum atomic E-state index is -0.533. The molecule has 1 aromatic rings. The lowest BCUT2D eigenvalue weighted by molar-refractivity contribution is -0.135. The summed E-state index contributed by atoms with van der Waals surface area (Å²) >= 11 is 0. The SMILES string of the molecule is NNc1cnc(C(=O)N2CC(=O)NC(=O)C2)cn1. The summed E-state index contributed by atoms with van der Waals surface area (Å²) in [6, 6.07) is 0. The molecule has 0 saturated carbocycles. The number of nitrogens with zero attached hydrogens (tertiary/aromatic N) is 3. The van der Waals surface area contributed by atoms with Crippen LogP contribution < -0.4 is 16.6 Å². The van der Waals surface area contributed by atoms with Crippen LogP contribution in [0.5, 0.6) is 0 Å². The van der Waals surface area contributed by atoms with Crippen LogP contribution in [0.4, 0.5) is 5.82 Å². The highest BCUT2D eigenvalue weighted by atomic mass is 16.2. The lowest BCUT2D eigenvalue weighted by Gasteiger charge is -2.24. The van der Waals surface area contributed by atoms with Crippen molar-refractivity contribution < 1.29 is 14.4 Å². The van der Waals surface area contributed by atoms with E-state index in [1.807, 2.05) is 0 Å².